The lowest BCUT2D eigenvalue weighted by Gasteiger charge is -2.21. The van der Waals surface area contributed by atoms with Gasteiger partial charge in [0.1, 0.15) is 0 Å². The summed E-state index contributed by atoms with van der Waals surface area (Å²) in [7, 11) is -3.46. The predicted molar refractivity (Wildman–Crippen MR) is 91.9 cm³/mol. The molecule has 1 aromatic carbocycles. The van der Waals surface area contributed by atoms with Crippen LogP contribution in [0.25, 0.3) is 0 Å². The molecule has 0 heterocycles. The number of nitrogens with zero attached hydrogens (tertiary/aromatic N) is 1. The minimum Gasteiger partial charge on any atom is -0.353 e. The Balaban J connectivity index is 2.73. The molecule has 0 aliphatic heterocycles. The Kier molecular flexibility index (Phi) is 7.52. The fraction of sp³-hybridized carbons (Fsp3) is 0.533. The first-order valence-electron chi connectivity index (χ1n) is 7.21. The highest BCUT2D eigenvalue weighted by molar-refractivity contribution is 9.10. The van der Waals surface area contributed by atoms with E-state index in [1.807, 2.05) is 38.1 Å². The first-order chi connectivity index (χ1) is 10.2. The minimum atomic E-state index is -3.46. The highest BCUT2D eigenvalue weighted by atomic mass is 79.9. The maximum atomic E-state index is 12.0. The van der Waals surface area contributed by atoms with Crippen LogP contribution in [-0.4, -0.2) is 37.5 Å². The van der Waals surface area contributed by atoms with Crippen molar-refractivity contribution in [2.24, 2.45) is 0 Å². The largest absolute Gasteiger partial charge is 0.353 e. The summed E-state index contributed by atoms with van der Waals surface area (Å²) in [5.41, 5.74) is 0.836. The van der Waals surface area contributed by atoms with Crippen LogP contribution in [0.3, 0.4) is 0 Å². The van der Waals surface area contributed by atoms with E-state index in [4.69, 9.17) is 0 Å². The molecule has 0 radical (unpaired) electrons. The zero-order valence-electron chi connectivity index (χ0n) is 13.2. The van der Waals surface area contributed by atoms with Gasteiger partial charge in [-0.2, -0.15) is 4.31 Å². The van der Waals surface area contributed by atoms with Gasteiger partial charge in [-0.3, -0.25) is 4.79 Å². The molecule has 22 heavy (non-hydrogen) atoms. The summed E-state index contributed by atoms with van der Waals surface area (Å²) in [6, 6.07) is 7.41. The van der Waals surface area contributed by atoms with Crippen LogP contribution >= 0.6 is 15.9 Å². The second-order valence-electron chi connectivity index (χ2n) is 5.41. The summed E-state index contributed by atoms with van der Waals surface area (Å²) >= 11 is 3.34. The molecule has 0 saturated carbocycles. The lowest BCUT2D eigenvalue weighted by Crippen LogP contribution is -2.42. The van der Waals surface area contributed by atoms with E-state index in [0.29, 0.717) is 0 Å². The number of hydrogen-bond acceptors (Lipinski definition) is 3. The Morgan fingerprint density at radius 2 is 1.91 bits per heavy atom. The Bertz CT molecular complexity index is 587. The second kappa shape index (κ2) is 8.64. The van der Waals surface area contributed by atoms with Gasteiger partial charge >= 0.3 is 0 Å². The van der Waals surface area contributed by atoms with Crippen LogP contribution < -0.4 is 5.32 Å². The molecular weight excluding hydrogens is 368 g/mol. The van der Waals surface area contributed by atoms with E-state index in [-0.39, 0.29) is 25.0 Å². The van der Waals surface area contributed by atoms with E-state index in [2.05, 4.69) is 21.2 Å². The number of benzene rings is 1. The molecule has 5 nitrogen and oxygen atoms in total. The van der Waals surface area contributed by atoms with E-state index >= 15 is 0 Å². The van der Waals surface area contributed by atoms with Crippen molar-refractivity contribution in [3.8, 4) is 0 Å². The molecule has 0 aliphatic rings. The van der Waals surface area contributed by atoms with Crippen molar-refractivity contribution in [1.29, 1.82) is 0 Å². The molecule has 1 rings (SSSR count). The van der Waals surface area contributed by atoms with Crippen molar-refractivity contribution in [2.75, 3.05) is 12.8 Å². The average Bonchev–Trinajstić information content (AvgIpc) is 2.39. The van der Waals surface area contributed by atoms with Gasteiger partial charge in [-0.1, -0.05) is 41.4 Å². The molecule has 1 atom stereocenters. The van der Waals surface area contributed by atoms with Crippen molar-refractivity contribution < 1.29 is 13.2 Å². The fourth-order valence-corrected chi connectivity index (χ4v) is 3.07. The number of carbonyl (C=O) groups excluding carboxylic acids is 1. The zero-order valence-corrected chi connectivity index (χ0v) is 15.6. The number of sulfonamides is 1. The summed E-state index contributed by atoms with van der Waals surface area (Å²) in [6.45, 7) is 3.98. The van der Waals surface area contributed by atoms with Crippen molar-refractivity contribution in [2.45, 2.75) is 39.3 Å². The second-order valence-corrected chi connectivity index (χ2v) is 8.31. The first-order valence-corrected chi connectivity index (χ1v) is 9.85. The number of carbonyl (C=O) groups is 1. The van der Waals surface area contributed by atoms with Crippen molar-refractivity contribution in [3.05, 3.63) is 34.3 Å². The van der Waals surface area contributed by atoms with Gasteiger partial charge in [-0.25, -0.2) is 8.42 Å². The third kappa shape index (κ3) is 6.89. The monoisotopic (exact) mass is 390 g/mol. The number of nitrogens with one attached hydrogen (secondary N) is 1. The molecule has 0 spiro atoms. The van der Waals surface area contributed by atoms with E-state index < -0.39 is 10.0 Å². The maximum absolute atomic E-state index is 12.0. The molecule has 1 N–H and O–H groups in total. The molecule has 1 aromatic rings. The summed E-state index contributed by atoms with van der Waals surface area (Å²) in [6.07, 6.45) is 2.96. The highest BCUT2D eigenvalue weighted by Gasteiger charge is 2.21. The van der Waals surface area contributed by atoms with Gasteiger partial charge in [0.2, 0.25) is 15.9 Å². The lowest BCUT2D eigenvalue weighted by atomic mass is 10.2. The van der Waals surface area contributed by atoms with Gasteiger partial charge in [0.15, 0.2) is 0 Å². The quantitative estimate of drug-likeness (QED) is 0.741. The van der Waals surface area contributed by atoms with Gasteiger partial charge in [0.25, 0.3) is 0 Å². The molecule has 1 amide bonds. The van der Waals surface area contributed by atoms with Gasteiger partial charge in [-0.15, -0.1) is 0 Å². The first kappa shape index (κ1) is 19.1. The molecule has 0 aromatic heterocycles. The Labute approximate surface area is 141 Å². The molecule has 0 bridgehead atoms. The van der Waals surface area contributed by atoms with Gasteiger partial charge in [0, 0.05) is 17.1 Å². The minimum absolute atomic E-state index is 0.0478. The van der Waals surface area contributed by atoms with Crippen LogP contribution in [0, 0.1) is 0 Å². The molecule has 0 unspecified atom stereocenters. The van der Waals surface area contributed by atoms with Crippen LogP contribution in [0.4, 0.5) is 0 Å². The van der Waals surface area contributed by atoms with Gasteiger partial charge < -0.3 is 5.32 Å². The zero-order chi connectivity index (χ0) is 16.8. The number of hydrogen-bond donors (Lipinski definition) is 1. The van der Waals surface area contributed by atoms with E-state index in [9.17, 15) is 13.2 Å². The topological polar surface area (TPSA) is 66.5 Å². The molecule has 0 aliphatic carbocycles. The molecule has 0 fully saturated rings. The lowest BCUT2D eigenvalue weighted by molar-refractivity contribution is -0.122. The molecule has 124 valence electrons. The van der Waals surface area contributed by atoms with E-state index in [1.165, 1.54) is 4.31 Å². The van der Waals surface area contributed by atoms with Crippen LogP contribution in [0.15, 0.2) is 28.7 Å². The van der Waals surface area contributed by atoms with Crippen molar-refractivity contribution >= 4 is 31.9 Å². The molecule has 7 heteroatoms. The summed E-state index contributed by atoms with van der Waals surface area (Å²) in [5.74, 6) is -0.275. The average molecular weight is 391 g/mol. The fourth-order valence-electron chi connectivity index (χ4n) is 2.07. The van der Waals surface area contributed by atoms with Crippen LogP contribution in [-0.2, 0) is 21.4 Å². The smallest absolute Gasteiger partial charge is 0.235 e. The Morgan fingerprint density at radius 1 is 1.32 bits per heavy atom. The van der Waals surface area contributed by atoms with E-state index in [1.54, 1.807) is 0 Å². The maximum Gasteiger partial charge on any atom is 0.235 e. The SMILES string of the molecule is CCC[C@@H](C)NC(=O)CN(Cc1ccc(Br)cc1)S(C)(=O)=O. The summed E-state index contributed by atoms with van der Waals surface area (Å²) < 4.78 is 25.9. The van der Waals surface area contributed by atoms with Crippen LogP contribution in [0.5, 0.6) is 0 Å². The van der Waals surface area contributed by atoms with Crippen molar-refractivity contribution in [1.82, 2.24) is 9.62 Å². The number of amides is 1. The third-order valence-electron chi connectivity index (χ3n) is 3.19. The van der Waals surface area contributed by atoms with Gasteiger partial charge in [0.05, 0.1) is 12.8 Å². The normalized spacial score (nSPS) is 13.1. The van der Waals surface area contributed by atoms with Crippen molar-refractivity contribution in [3.63, 3.8) is 0 Å². The van der Waals surface area contributed by atoms with Crippen LogP contribution in [0.1, 0.15) is 32.3 Å². The molecular formula is C15H23BrN2O3S. The highest BCUT2D eigenvalue weighted by Crippen LogP contribution is 2.13. The number of halogens is 1. The molecule has 0 saturated heterocycles. The van der Waals surface area contributed by atoms with Gasteiger partial charge in [-0.05, 0) is 31.0 Å². The Hall–Kier alpha value is -0.920. The standard InChI is InChI=1S/C15H23BrN2O3S/c1-4-5-12(2)17-15(19)11-18(22(3,20)21)10-13-6-8-14(16)9-7-13/h6-9,12H,4-5,10-11H2,1-3H3,(H,17,19)/t12-/m1/s1. The number of rotatable bonds is 8. The van der Waals surface area contributed by atoms with Crippen LogP contribution in [0.2, 0.25) is 0 Å². The summed E-state index contributed by atoms with van der Waals surface area (Å²) in [4.78, 5) is 12.0. The van der Waals surface area contributed by atoms with E-state index in [0.717, 1.165) is 29.1 Å². The predicted octanol–water partition coefficient (Wildman–Crippen LogP) is 2.52. The summed E-state index contributed by atoms with van der Waals surface area (Å²) in [5, 5.41) is 2.83. The third-order valence-corrected chi connectivity index (χ3v) is 4.92. The Morgan fingerprint density at radius 3 is 2.41 bits per heavy atom.